The van der Waals surface area contributed by atoms with Gasteiger partial charge < -0.3 is 13.7 Å². The van der Waals surface area contributed by atoms with E-state index >= 15 is 0 Å². The van der Waals surface area contributed by atoms with Gasteiger partial charge in [-0.25, -0.2) is 4.79 Å². The molecule has 1 saturated heterocycles. The number of hydrogen-bond acceptors (Lipinski definition) is 5. The van der Waals surface area contributed by atoms with Gasteiger partial charge in [-0.15, -0.1) is 0 Å². The van der Waals surface area contributed by atoms with Gasteiger partial charge in [-0.2, -0.15) is 0 Å². The topological polar surface area (TPSA) is 93.8 Å². The van der Waals surface area contributed by atoms with E-state index in [1.54, 1.807) is 18.2 Å². The number of imide groups is 2. The van der Waals surface area contributed by atoms with Gasteiger partial charge in [0.15, 0.2) is 0 Å². The highest BCUT2D eigenvalue weighted by Gasteiger charge is 2.36. The molecule has 9 heteroatoms. The molecule has 0 aliphatic carbocycles. The number of carbonyl (C=O) groups excluding carboxylic acids is 3. The van der Waals surface area contributed by atoms with Crippen molar-refractivity contribution in [2.24, 2.45) is 0 Å². The van der Waals surface area contributed by atoms with Crippen LogP contribution in [0.25, 0.3) is 6.08 Å². The second-order valence-electron chi connectivity index (χ2n) is 6.72. The lowest BCUT2D eigenvalue weighted by Gasteiger charge is -2.25. The Morgan fingerprint density at radius 3 is 2.61 bits per heavy atom. The van der Waals surface area contributed by atoms with Crippen molar-refractivity contribution in [3.05, 3.63) is 82.5 Å². The first-order valence-electron chi connectivity index (χ1n) is 9.46. The first-order chi connectivity index (χ1) is 15.0. The molecule has 31 heavy (non-hydrogen) atoms. The van der Waals surface area contributed by atoms with Crippen LogP contribution < -0.4 is 10.1 Å². The highest BCUT2D eigenvalue weighted by Crippen LogP contribution is 2.19. The predicted octanol–water partition coefficient (Wildman–Crippen LogP) is 3.58. The van der Waals surface area contributed by atoms with E-state index in [1.165, 1.54) is 12.3 Å². The van der Waals surface area contributed by atoms with Crippen molar-refractivity contribution in [1.82, 2.24) is 14.8 Å². The van der Waals surface area contributed by atoms with Crippen molar-refractivity contribution in [3.8, 4) is 5.75 Å². The molecular formula is C22H18BrN3O5. The van der Waals surface area contributed by atoms with Crippen LogP contribution in [0.1, 0.15) is 11.5 Å². The maximum atomic E-state index is 12.8. The average molecular weight is 484 g/mol. The lowest BCUT2D eigenvalue weighted by molar-refractivity contribution is -0.130. The van der Waals surface area contributed by atoms with Gasteiger partial charge in [0.1, 0.15) is 23.7 Å². The molecule has 0 saturated carbocycles. The first kappa shape index (κ1) is 20.7. The lowest BCUT2D eigenvalue weighted by Crippen LogP contribution is -2.53. The minimum Gasteiger partial charge on any atom is -0.492 e. The molecule has 158 valence electrons. The fourth-order valence-electron chi connectivity index (χ4n) is 3.10. The summed E-state index contributed by atoms with van der Waals surface area (Å²) in [4.78, 5) is 38.2. The summed E-state index contributed by atoms with van der Waals surface area (Å²) < 4.78 is 13.8. The third-order valence-electron chi connectivity index (χ3n) is 4.65. The van der Waals surface area contributed by atoms with E-state index in [2.05, 4.69) is 21.2 Å². The van der Waals surface area contributed by atoms with Crippen molar-refractivity contribution >= 4 is 39.9 Å². The number of hydrogen-bond donors (Lipinski definition) is 1. The maximum absolute atomic E-state index is 12.8. The zero-order valence-electron chi connectivity index (χ0n) is 16.3. The van der Waals surface area contributed by atoms with Crippen molar-refractivity contribution in [2.45, 2.75) is 13.1 Å². The summed E-state index contributed by atoms with van der Waals surface area (Å²) in [6, 6.07) is 13.6. The van der Waals surface area contributed by atoms with Crippen LogP contribution in [0.5, 0.6) is 5.75 Å². The first-order valence-corrected chi connectivity index (χ1v) is 10.3. The minimum atomic E-state index is -0.776. The standard InChI is InChI=1S/C22H18BrN3O5/c23-15-5-7-17(8-6-15)31-12-10-25-9-1-3-16(25)13-19-20(27)24-22(29)26(21(19)28)14-18-4-2-11-30-18/h1-9,11,13H,10,12,14H2,(H,24,27,29)/b19-13+. The number of aromatic nitrogens is 1. The second-order valence-corrected chi connectivity index (χ2v) is 7.63. The van der Waals surface area contributed by atoms with E-state index < -0.39 is 17.8 Å². The van der Waals surface area contributed by atoms with Crippen LogP contribution in [0.4, 0.5) is 4.79 Å². The SMILES string of the molecule is O=C1NC(=O)N(Cc2ccco2)C(=O)/C1=C/c1cccn1CCOc1ccc(Br)cc1. The molecule has 1 aromatic carbocycles. The predicted molar refractivity (Wildman–Crippen MR) is 115 cm³/mol. The number of barbiturate groups is 1. The molecule has 3 aromatic rings. The summed E-state index contributed by atoms with van der Waals surface area (Å²) in [5.74, 6) is -0.233. The summed E-state index contributed by atoms with van der Waals surface area (Å²) in [5, 5.41) is 2.20. The quantitative estimate of drug-likeness (QED) is 0.409. The summed E-state index contributed by atoms with van der Waals surface area (Å²) in [6.45, 7) is 0.840. The molecule has 1 fully saturated rings. The van der Waals surface area contributed by atoms with E-state index in [-0.39, 0.29) is 12.1 Å². The van der Waals surface area contributed by atoms with Crippen LogP contribution in [0.3, 0.4) is 0 Å². The van der Waals surface area contributed by atoms with E-state index in [0.29, 0.717) is 24.6 Å². The highest BCUT2D eigenvalue weighted by molar-refractivity contribution is 9.10. The number of rotatable bonds is 7. The highest BCUT2D eigenvalue weighted by atomic mass is 79.9. The molecule has 1 aliphatic rings. The molecule has 3 heterocycles. The van der Waals surface area contributed by atoms with Gasteiger partial charge in [0.2, 0.25) is 0 Å². The van der Waals surface area contributed by atoms with Crippen molar-refractivity contribution < 1.29 is 23.5 Å². The molecule has 4 rings (SSSR count). The largest absolute Gasteiger partial charge is 0.492 e. The molecule has 2 aromatic heterocycles. The summed E-state index contributed by atoms with van der Waals surface area (Å²) in [7, 11) is 0. The van der Waals surface area contributed by atoms with Crippen LogP contribution in [0, 0.1) is 0 Å². The zero-order valence-corrected chi connectivity index (χ0v) is 17.9. The number of urea groups is 1. The summed E-state index contributed by atoms with van der Waals surface area (Å²) in [6.07, 6.45) is 4.75. The molecule has 0 atom stereocenters. The number of ether oxygens (including phenoxy) is 1. The number of nitrogens with one attached hydrogen (secondary N) is 1. The lowest BCUT2D eigenvalue weighted by atomic mass is 10.1. The van der Waals surface area contributed by atoms with Gasteiger partial charge >= 0.3 is 6.03 Å². The van der Waals surface area contributed by atoms with E-state index in [4.69, 9.17) is 9.15 Å². The number of benzene rings is 1. The van der Waals surface area contributed by atoms with E-state index in [0.717, 1.165) is 15.1 Å². The Kier molecular flexibility index (Phi) is 6.03. The zero-order chi connectivity index (χ0) is 21.8. The number of nitrogens with zero attached hydrogens (tertiary/aromatic N) is 2. The van der Waals surface area contributed by atoms with E-state index in [9.17, 15) is 14.4 Å². The van der Waals surface area contributed by atoms with Gasteiger partial charge in [0, 0.05) is 16.4 Å². The van der Waals surface area contributed by atoms with Gasteiger partial charge in [-0.05, 0) is 54.6 Å². The molecule has 0 bridgehead atoms. The molecule has 8 nitrogen and oxygen atoms in total. The fourth-order valence-corrected chi connectivity index (χ4v) is 3.36. The molecule has 4 amide bonds. The Morgan fingerprint density at radius 1 is 1.06 bits per heavy atom. The van der Waals surface area contributed by atoms with Crippen LogP contribution in [-0.2, 0) is 22.7 Å². The number of furan rings is 1. The normalized spacial score (nSPS) is 15.5. The third-order valence-corrected chi connectivity index (χ3v) is 5.18. The number of halogens is 1. The number of amides is 4. The smallest absolute Gasteiger partial charge is 0.331 e. The van der Waals surface area contributed by atoms with Gasteiger partial charge in [0.05, 0.1) is 19.4 Å². The third kappa shape index (κ3) is 4.77. The Morgan fingerprint density at radius 2 is 1.87 bits per heavy atom. The van der Waals surface area contributed by atoms with Crippen LogP contribution >= 0.6 is 15.9 Å². The Hall–Kier alpha value is -3.59. The molecule has 1 N–H and O–H groups in total. The van der Waals surface area contributed by atoms with Gasteiger partial charge in [0.25, 0.3) is 11.8 Å². The molecule has 0 radical (unpaired) electrons. The van der Waals surface area contributed by atoms with Crippen LogP contribution in [-0.4, -0.2) is 33.9 Å². The van der Waals surface area contributed by atoms with Gasteiger partial charge in [-0.1, -0.05) is 15.9 Å². The minimum absolute atomic E-state index is 0.0652. The van der Waals surface area contributed by atoms with Crippen LogP contribution in [0.2, 0.25) is 0 Å². The number of carbonyl (C=O) groups is 3. The Bertz CT molecular complexity index is 1130. The fraction of sp³-hybridized carbons (Fsp3) is 0.136. The van der Waals surface area contributed by atoms with Crippen molar-refractivity contribution in [2.75, 3.05) is 6.61 Å². The Balaban J connectivity index is 1.47. The van der Waals surface area contributed by atoms with Gasteiger partial charge in [-0.3, -0.25) is 19.8 Å². The summed E-state index contributed by atoms with van der Waals surface area (Å²) >= 11 is 3.38. The monoisotopic (exact) mass is 483 g/mol. The molecule has 0 unspecified atom stereocenters. The van der Waals surface area contributed by atoms with E-state index in [1.807, 2.05) is 41.1 Å². The molecule has 0 spiro atoms. The Labute approximate surface area is 186 Å². The molecular weight excluding hydrogens is 466 g/mol. The second kappa shape index (κ2) is 9.05. The van der Waals surface area contributed by atoms with Crippen molar-refractivity contribution in [1.29, 1.82) is 0 Å². The average Bonchev–Trinajstić information content (AvgIpc) is 3.42. The van der Waals surface area contributed by atoms with Crippen molar-refractivity contribution in [3.63, 3.8) is 0 Å². The molecule has 1 aliphatic heterocycles. The van der Waals surface area contributed by atoms with Crippen LogP contribution in [0.15, 0.2) is 75.5 Å². The summed E-state index contributed by atoms with van der Waals surface area (Å²) in [5.41, 5.74) is 0.519. The maximum Gasteiger partial charge on any atom is 0.331 e.